The van der Waals surface area contributed by atoms with Crippen LogP contribution >= 0.6 is 0 Å². The molecule has 4 heterocycles. The molecule has 3 aliphatic heterocycles. The molecule has 55 heavy (non-hydrogen) atoms. The molecule has 0 radical (unpaired) electrons. The van der Waals surface area contributed by atoms with Crippen LogP contribution < -0.4 is 0 Å². The summed E-state index contributed by atoms with van der Waals surface area (Å²) in [5, 5.41) is 14.1. The number of esters is 5. The van der Waals surface area contributed by atoms with Gasteiger partial charge in [-0.15, -0.1) is 0 Å². The number of cyclic esters (lactones) is 1. The summed E-state index contributed by atoms with van der Waals surface area (Å²) in [6.45, 7) is 12.8. The molecule has 13 atom stereocenters. The van der Waals surface area contributed by atoms with E-state index in [4.69, 9.17) is 42.3 Å². The number of hydrogen-bond donors (Lipinski definition) is 1. The van der Waals surface area contributed by atoms with Crippen molar-refractivity contribution in [3.63, 3.8) is 0 Å². The second-order valence-corrected chi connectivity index (χ2v) is 17.6. The number of fused-ring (bicyclic) bond motifs is 3. The van der Waals surface area contributed by atoms with Crippen molar-refractivity contribution < 1.29 is 71.4 Å². The first-order valence-corrected chi connectivity index (χ1v) is 19.0. The molecule has 15 nitrogen and oxygen atoms in total. The summed E-state index contributed by atoms with van der Waals surface area (Å²) in [5.74, 6) is -7.69. The van der Waals surface area contributed by atoms with Gasteiger partial charge in [0, 0.05) is 48.2 Å². The highest BCUT2D eigenvalue weighted by molar-refractivity contribution is 5.88. The van der Waals surface area contributed by atoms with E-state index in [2.05, 4.69) is 0 Å². The summed E-state index contributed by atoms with van der Waals surface area (Å²) in [7, 11) is 1.24. The molecule has 1 N–H and O–H groups in total. The second-order valence-electron chi connectivity index (χ2n) is 17.6. The number of furan rings is 1. The molecule has 300 valence electrons. The molecule has 4 bridgehead atoms. The van der Waals surface area contributed by atoms with E-state index >= 15 is 0 Å². The minimum atomic E-state index is -2.39. The molecule has 1 aromatic rings. The van der Waals surface area contributed by atoms with Gasteiger partial charge in [0.25, 0.3) is 5.97 Å². The number of carbonyl (C=O) groups is 5. The van der Waals surface area contributed by atoms with Gasteiger partial charge < -0.3 is 47.4 Å². The van der Waals surface area contributed by atoms with E-state index < -0.39 is 117 Å². The van der Waals surface area contributed by atoms with Gasteiger partial charge in [-0.2, -0.15) is 0 Å². The zero-order chi connectivity index (χ0) is 39.9. The third kappa shape index (κ3) is 4.22. The van der Waals surface area contributed by atoms with E-state index in [0.717, 1.165) is 0 Å². The van der Waals surface area contributed by atoms with Gasteiger partial charge in [-0.05, 0) is 45.1 Å². The van der Waals surface area contributed by atoms with Gasteiger partial charge in [0.1, 0.15) is 35.6 Å². The lowest BCUT2D eigenvalue weighted by molar-refractivity contribution is -0.486. The third-order valence-electron chi connectivity index (χ3n) is 14.8. The molecular weight excluding hydrogens is 720 g/mol. The van der Waals surface area contributed by atoms with Gasteiger partial charge in [0.2, 0.25) is 0 Å². The smallest absolute Gasteiger partial charge is 0.333 e. The molecule has 0 aromatic carbocycles. The summed E-state index contributed by atoms with van der Waals surface area (Å²) >= 11 is 0. The van der Waals surface area contributed by atoms with Crippen molar-refractivity contribution in [2.75, 3.05) is 13.7 Å². The maximum absolute atomic E-state index is 14.2. The average molecular weight is 771 g/mol. The lowest BCUT2D eigenvalue weighted by atomic mass is 9.33. The Morgan fingerprint density at radius 3 is 2.35 bits per heavy atom. The van der Waals surface area contributed by atoms with Crippen LogP contribution in [0, 0.1) is 34.0 Å². The van der Waals surface area contributed by atoms with Crippen molar-refractivity contribution in [1.29, 1.82) is 0 Å². The summed E-state index contributed by atoms with van der Waals surface area (Å²) in [6.07, 6.45) is 0.137. The predicted octanol–water partition coefficient (Wildman–Crippen LogP) is 3.99. The van der Waals surface area contributed by atoms with Gasteiger partial charge >= 0.3 is 29.8 Å². The van der Waals surface area contributed by atoms with Gasteiger partial charge in [0.05, 0.1) is 37.4 Å². The van der Waals surface area contributed by atoms with Crippen LogP contribution in [0.3, 0.4) is 0 Å². The van der Waals surface area contributed by atoms with Crippen molar-refractivity contribution in [3.05, 3.63) is 35.8 Å². The normalized spacial score (nSPS) is 46.4. The molecule has 1 aromatic heterocycles. The molecule has 7 fully saturated rings. The van der Waals surface area contributed by atoms with Gasteiger partial charge in [-0.25, -0.2) is 4.79 Å². The van der Waals surface area contributed by atoms with E-state index in [0.29, 0.717) is 5.56 Å². The summed E-state index contributed by atoms with van der Waals surface area (Å²) < 4.78 is 57.4. The molecule has 4 saturated carbocycles. The molecule has 5 unspecified atom stereocenters. The van der Waals surface area contributed by atoms with E-state index in [1.54, 1.807) is 46.8 Å². The Morgan fingerprint density at radius 1 is 1.02 bits per heavy atom. The van der Waals surface area contributed by atoms with Crippen molar-refractivity contribution >= 4 is 29.8 Å². The lowest BCUT2D eigenvalue weighted by Gasteiger charge is -2.77. The second kappa shape index (κ2) is 11.6. The molecule has 7 aliphatic rings. The van der Waals surface area contributed by atoms with Crippen LogP contribution in [0.15, 0.2) is 34.7 Å². The van der Waals surface area contributed by atoms with Crippen LogP contribution in [0.4, 0.5) is 0 Å². The quantitative estimate of drug-likeness (QED) is 0.215. The van der Waals surface area contributed by atoms with Gasteiger partial charge in [0.15, 0.2) is 11.7 Å². The molecule has 0 amide bonds. The Bertz CT molecular complexity index is 1890. The van der Waals surface area contributed by atoms with Crippen molar-refractivity contribution in [2.24, 2.45) is 34.0 Å². The lowest BCUT2D eigenvalue weighted by Crippen LogP contribution is -2.95. The summed E-state index contributed by atoms with van der Waals surface area (Å²) in [4.78, 5) is 68.3. The van der Waals surface area contributed by atoms with Crippen LogP contribution in [-0.2, 0) is 61.9 Å². The minimum Gasteiger partial charge on any atom is -0.472 e. The Kier molecular flexibility index (Phi) is 8.06. The third-order valence-corrected chi connectivity index (χ3v) is 14.8. The molecule has 3 spiro atoms. The van der Waals surface area contributed by atoms with Gasteiger partial charge in [-0.1, -0.05) is 33.8 Å². The zero-order valence-corrected chi connectivity index (χ0v) is 32.7. The first-order chi connectivity index (χ1) is 25.7. The zero-order valence-electron chi connectivity index (χ0n) is 32.7. The monoisotopic (exact) mass is 770 g/mol. The number of allylic oxidation sites excluding steroid dienone is 1. The molecular formula is C40H50O15. The molecule has 4 aliphatic carbocycles. The number of carbonyl (C=O) groups excluding carboxylic acids is 5. The van der Waals surface area contributed by atoms with E-state index in [9.17, 15) is 29.1 Å². The van der Waals surface area contributed by atoms with Crippen LogP contribution in [-0.4, -0.2) is 89.3 Å². The van der Waals surface area contributed by atoms with Crippen LogP contribution in [0.2, 0.25) is 0 Å². The summed E-state index contributed by atoms with van der Waals surface area (Å²) in [5.41, 5.74) is -10.8. The number of aliphatic hydroxyl groups is 1. The molecule has 15 heteroatoms. The van der Waals surface area contributed by atoms with Gasteiger partial charge in [-0.3, -0.25) is 19.2 Å². The molecule has 3 saturated heterocycles. The SMILES string of the molecule is C/C=C(\C)C(=O)OC1C2(O)C(OC(=O)C(C)C)[C@]34OC5(C)OC26C[C@@]1(C)[C@@H]1CC(=O)OC[C@@]16[C@]3(CC[C@](C)([C@H](OC(C)=O)c1ccoc1)[C@H]4CC(=O)OC)O5. The predicted molar refractivity (Wildman–Crippen MR) is 184 cm³/mol. The largest absolute Gasteiger partial charge is 0.472 e. The van der Waals surface area contributed by atoms with E-state index in [1.807, 2.05) is 13.8 Å². The number of rotatable bonds is 9. The topological polar surface area (TPSA) is 193 Å². The fourth-order valence-electron chi connectivity index (χ4n) is 12.9. The molecule has 8 rings (SSSR count). The van der Waals surface area contributed by atoms with E-state index in [1.165, 1.54) is 26.6 Å². The van der Waals surface area contributed by atoms with Crippen LogP contribution in [0.25, 0.3) is 0 Å². The summed E-state index contributed by atoms with van der Waals surface area (Å²) in [6, 6.07) is 1.66. The minimum absolute atomic E-state index is 0.0601. The standard InChI is InChI=1S/C40H50O15/c1-10-21(4)30(45)52-31-34(7)18-38-36(19-49-27(43)15-24(34)36)37-13-12-33(6,28(50-22(5)41)23-11-14-48-17-23)25(16-26(42)47-9)40(37,55-35(8,53-37)54-38)32(39(31,38)46)51-29(44)20(2)3/h10-11,14,17,20,24-25,28,31-32,46H,12-13,15-16,18-19H2,1-9H3/b21-10+/t24-,25+,28+,31?,32?,33-,34-,35?,36-,37-,38?,39?,40-/m0/s1. The number of hydrogen-bond acceptors (Lipinski definition) is 15. The Balaban J connectivity index is 1.48. The van der Waals surface area contributed by atoms with Crippen LogP contribution in [0.5, 0.6) is 0 Å². The maximum atomic E-state index is 14.2. The highest BCUT2D eigenvalue weighted by Gasteiger charge is 3.05. The van der Waals surface area contributed by atoms with Crippen molar-refractivity contribution in [1.82, 2.24) is 0 Å². The Morgan fingerprint density at radius 2 is 1.73 bits per heavy atom. The number of ether oxygens (including phenoxy) is 8. The number of methoxy groups -OCH3 is 1. The fourth-order valence-corrected chi connectivity index (χ4v) is 12.9. The van der Waals surface area contributed by atoms with E-state index in [-0.39, 0.29) is 37.9 Å². The van der Waals surface area contributed by atoms with Crippen molar-refractivity contribution in [3.8, 4) is 0 Å². The Labute approximate surface area is 318 Å². The maximum Gasteiger partial charge on any atom is 0.333 e. The first kappa shape index (κ1) is 38.1. The average Bonchev–Trinajstić information content (AvgIpc) is 3.83. The Hall–Kier alpha value is -3.79. The first-order valence-electron chi connectivity index (χ1n) is 19.0. The fraction of sp³-hybridized carbons (Fsp3) is 0.725. The van der Waals surface area contributed by atoms with Crippen molar-refractivity contribution in [2.45, 2.75) is 134 Å². The van der Waals surface area contributed by atoms with Crippen LogP contribution in [0.1, 0.15) is 99.2 Å². The highest BCUT2D eigenvalue weighted by Crippen LogP contribution is 2.90. The highest BCUT2D eigenvalue weighted by atomic mass is 16.9.